The van der Waals surface area contributed by atoms with Crippen LogP contribution in [0.25, 0.3) is 0 Å². The maximum absolute atomic E-state index is 12.2. The van der Waals surface area contributed by atoms with Crippen molar-refractivity contribution in [2.45, 2.75) is 44.1 Å². The van der Waals surface area contributed by atoms with E-state index in [9.17, 15) is 18.0 Å². The van der Waals surface area contributed by atoms with Gasteiger partial charge in [-0.05, 0) is 25.7 Å². The third kappa shape index (κ3) is 4.63. The molecule has 17 heavy (non-hydrogen) atoms. The summed E-state index contributed by atoms with van der Waals surface area (Å²) in [6.45, 7) is 1.51. The van der Waals surface area contributed by atoms with Gasteiger partial charge in [0.05, 0.1) is 6.10 Å². The van der Waals surface area contributed by atoms with Gasteiger partial charge in [-0.1, -0.05) is 5.92 Å². The highest BCUT2D eigenvalue weighted by atomic mass is 19.4. The number of aliphatic hydroxyl groups is 2. The summed E-state index contributed by atoms with van der Waals surface area (Å²) in [6, 6.07) is 0. The molecular formula is C10H13F3O4. The molecule has 0 saturated heterocycles. The van der Waals surface area contributed by atoms with Gasteiger partial charge in [0.2, 0.25) is 0 Å². The maximum Gasteiger partial charge on any atom is 0.440 e. The fraction of sp³-hybridized carbons (Fsp3) is 0.700. The summed E-state index contributed by atoms with van der Waals surface area (Å²) in [5, 5.41) is 26.0. The third-order valence-electron chi connectivity index (χ3n) is 1.91. The highest BCUT2D eigenvalue weighted by molar-refractivity contribution is 5.82. The first-order valence-electron chi connectivity index (χ1n) is 4.82. The molecule has 0 amide bonds. The molecule has 0 bridgehead atoms. The lowest BCUT2D eigenvalue weighted by Crippen LogP contribution is -2.50. The number of rotatable bonds is 4. The smallest absolute Gasteiger partial charge is 0.440 e. The van der Waals surface area contributed by atoms with Crippen LogP contribution >= 0.6 is 0 Å². The van der Waals surface area contributed by atoms with Crippen molar-refractivity contribution >= 4 is 5.97 Å². The van der Waals surface area contributed by atoms with Gasteiger partial charge in [0.15, 0.2) is 0 Å². The molecule has 4 nitrogen and oxygen atoms in total. The van der Waals surface area contributed by atoms with E-state index in [-0.39, 0.29) is 6.42 Å². The van der Waals surface area contributed by atoms with Crippen LogP contribution < -0.4 is 0 Å². The summed E-state index contributed by atoms with van der Waals surface area (Å²) in [5.41, 5.74) is -4.03. The first-order chi connectivity index (χ1) is 7.61. The molecule has 0 aromatic heterocycles. The van der Waals surface area contributed by atoms with E-state index < -0.39 is 23.9 Å². The van der Waals surface area contributed by atoms with Crippen LogP contribution in [0.5, 0.6) is 0 Å². The number of carboxylic acid groups (broad SMARTS) is 1. The van der Waals surface area contributed by atoms with E-state index in [2.05, 4.69) is 0 Å². The Morgan fingerprint density at radius 3 is 2.29 bits per heavy atom. The fourth-order valence-corrected chi connectivity index (χ4v) is 0.922. The molecule has 0 rings (SSSR count). The summed E-state index contributed by atoms with van der Waals surface area (Å²) in [5.74, 6) is 0.815. The average molecular weight is 254 g/mol. The number of carboxylic acids is 1. The fourth-order valence-electron chi connectivity index (χ4n) is 0.922. The van der Waals surface area contributed by atoms with Gasteiger partial charge >= 0.3 is 17.7 Å². The van der Waals surface area contributed by atoms with Gasteiger partial charge in [0.25, 0.3) is 0 Å². The first-order valence-corrected chi connectivity index (χ1v) is 4.82. The Kier molecular flexibility index (Phi) is 5.45. The average Bonchev–Trinajstić information content (AvgIpc) is 2.14. The second-order valence-electron chi connectivity index (χ2n) is 3.56. The van der Waals surface area contributed by atoms with Gasteiger partial charge in [-0.25, -0.2) is 4.79 Å². The van der Waals surface area contributed by atoms with Crippen LogP contribution in [0.1, 0.15) is 26.2 Å². The number of halogens is 3. The first kappa shape index (κ1) is 15.7. The Morgan fingerprint density at radius 2 is 1.94 bits per heavy atom. The highest BCUT2D eigenvalue weighted by Crippen LogP contribution is 2.30. The summed E-state index contributed by atoms with van der Waals surface area (Å²) >= 11 is 0. The molecule has 0 radical (unpaired) electrons. The Hall–Kier alpha value is -1.26. The number of hydrogen-bond acceptors (Lipinski definition) is 3. The number of aliphatic hydroxyl groups excluding tert-OH is 1. The number of hydrogen-bond donors (Lipinski definition) is 3. The molecule has 0 aromatic rings. The Morgan fingerprint density at radius 1 is 1.41 bits per heavy atom. The lowest BCUT2D eigenvalue weighted by molar-refractivity contribution is -0.239. The molecule has 0 aliphatic heterocycles. The molecule has 0 spiro atoms. The standard InChI is InChI=1S/C10H13F3O4/c1-7(14)5-3-2-4-6-9(17,8(15)16)10(11,12)13/h7,14,17H,2-3,5H2,1H3,(H,15,16)/t7-,9?/m1/s1. The third-order valence-corrected chi connectivity index (χ3v) is 1.91. The van der Waals surface area contributed by atoms with Gasteiger partial charge in [0.1, 0.15) is 0 Å². The van der Waals surface area contributed by atoms with Crippen molar-refractivity contribution in [2.24, 2.45) is 0 Å². The zero-order chi connectivity index (χ0) is 13.7. The van der Waals surface area contributed by atoms with E-state index in [4.69, 9.17) is 15.3 Å². The van der Waals surface area contributed by atoms with Crippen LogP contribution in [-0.2, 0) is 4.79 Å². The van der Waals surface area contributed by atoms with Crippen molar-refractivity contribution in [1.82, 2.24) is 0 Å². The van der Waals surface area contributed by atoms with E-state index in [1.807, 2.05) is 5.92 Å². The van der Waals surface area contributed by atoms with E-state index in [1.54, 1.807) is 0 Å². The van der Waals surface area contributed by atoms with Crippen molar-refractivity contribution in [3.63, 3.8) is 0 Å². The monoisotopic (exact) mass is 254 g/mol. The Balaban J connectivity index is 4.59. The molecule has 98 valence electrons. The molecule has 0 aliphatic carbocycles. The van der Waals surface area contributed by atoms with Crippen molar-refractivity contribution in [3.8, 4) is 11.8 Å². The van der Waals surface area contributed by atoms with Crippen LogP contribution in [0.4, 0.5) is 13.2 Å². The molecule has 1 unspecified atom stereocenters. The second kappa shape index (κ2) is 5.89. The van der Waals surface area contributed by atoms with Crippen molar-refractivity contribution in [1.29, 1.82) is 0 Å². The van der Waals surface area contributed by atoms with Crippen molar-refractivity contribution < 1.29 is 33.3 Å². The molecule has 0 saturated carbocycles. The second-order valence-corrected chi connectivity index (χ2v) is 3.56. The summed E-state index contributed by atoms with van der Waals surface area (Å²) in [7, 11) is 0. The van der Waals surface area contributed by atoms with Gasteiger partial charge in [-0.15, -0.1) is 0 Å². The minimum absolute atomic E-state index is 0.0312. The van der Waals surface area contributed by atoms with E-state index in [0.717, 1.165) is 0 Å². The topological polar surface area (TPSA) is 77.8 Å². The summed E-state index contributed by atoms with van der Waals surface area (Å²) < 4.78 is 36.7. The van der Waals surface area contributed by atoms with Gasteiger partial charge in [-0.2, -0.15) is 13.2 Å². The van der Waals surface area contributed by atoms with Crippen molar-refractivity contribution in [2.75, 3.05) is 0 Å². The van der Waals surface area contributed by atoms with E-state index in [0.29, 0.717) is 12.8 Å². The molecule has 7 heteroatoms. The van der Waals surface area contributed by atoms with Crippen LogP contribution in [0, 0.1) is 11.8 Å². The predicted octanol–water partition coefficient (Wildman–Crippen LogP) is 0.919. The van der Waals surface area contributed by atoms with Gasteiger partial charge in [0, 0.05) is 6.42 Å². The molecule has 2 atom stereocenters. The zero-order valence-electron chi connectivity index (χ0n) is 9.08. The minimum Gasteiger partial charge on any atom is -0.478 e. The molecule has 0 aliphatic rings. The predicted molar refractivity (Wildman–Crippen MR) is 51.9 cm³/mol. The van der Waals surface area contributed by atoms with E-state index in [1.165, 1.54) is 12.8 Å². The quantitative estimate of drug-likeness (QED) is 0.515. The zero-order valence-corrected chi connectivity index (χ0v) is 9.08. The van der Waals surface area contributed by atoms with Crippen LogP contribution in [0.2, 0.25) is 0 Å². The highest BCUT2D eigenvalue weighted by Gasteiger charge is 2.59. The number of aliphatic carboxylic acids is 1. The van der Waals surface area contributed by atoms with Gasteiger partial charge < -0.3 is 15.3 Å². The summed E-state index contributed by atoms with van der Waals surface area (Å²) in [6.07, 6.45) is -5.32. The normalized spacial score (nSPS) is 16.6. The SMILES string of the molecule is C[C@@H](O)CCCC#CC(O)(C(=O)O)C(F)(F)F. The number of alkyl halides is 3. The molecule has 0 fully saturated rings. The lowest BCUT2D eigenvalue weighted by atomic mass is 10.0. The van der Waals surface area contributed by atoms with E-state index >= 15 is 0 Å². The molecule has 0 aromatic carbocycles. The molecular weight excluding hydrogens is 241 g/mol. The Labute approximate surface area is 96.1 Å². The molecule has 3 N–H and O–H groups in total. The Bertz CT molecular complexity index is 327. The number of unbranched alkanes of at least 4 members (excludes halogenated alkanes) is 1. The number of carbonyl (C=O) groups is 1. The van der Waals surface area contributed by atoms with Gasteiger partial charge in [-0.3, -0.25) is 0 Å². The lowest BCUT2D eigenvalue weighted by Gasteiger charge is -2.19. The van der Waals surface area contributed by atoms with Crippen molar-refractivity contribution in [3.05, 3.63) is 0 Å². The van der Waals surface area contributed by atoms with Crippen LogP contribution in [-0.4, -0.2) is 39.2 Å². The van der Waals surface area contributed by atoms with Crippen LogP contribution in [0.3, 0.4) is 0 Å². The van der Waals surface area contributed by atoms with Crippen LogP contribution in [0.15, 0.2) is 0 Å². The summed E-state index contributed by atoms with van der Waals surface area (Å²) in [4.78, 5) is 10.3. The largest absolute Gasteiger partial charge is 0.478 e. The molecule has 0 heterocycles. The maximum atomic E-state index is 12.2. The minimum atomic E-state index is -5.35.